The molecule has 3 nitrogen and oxygen atoms in total. The minimum absolute atomic E-state index is 0.333. The van der Waals surface area contributed by atoms with Crippen LogP contribution in [0.25, 0.3) is 0 Å². The molecular formula is C17H23NO2. The first kappa shape index (κ1) is 13.6. The van der Waals surface area contributed by atoms with Crippen molar-refractivity contribution in [3.05, 3.63) is 35.4 Å². The number of carboxylic acids is 1. The molecule has 0 bridgehead atoms. The van der Waals surface area contributed by atoms with Crippen LogP contribution in [0.4, 0.5) is 0 Å². The number of hydrogen-bond acceptors (Lipinski definition) is 2. The quantitative estimate of drug-likeness (QED) is 0.917. The van der Waals surface area contributed by atoms with Crippen LogP contribution in [-0.4, -0.2) is 35.1 Å². The van der Waals surface area contributed by atoms with E-state index in [-0.39, 0.29) is 0 Å². The van der Waals surface area contributed by atoms with Crippen LogP contribution in [0.2, 0.25) is 0 Å². The number of rotatable bonds is 4. The van der Waals surface area contributed by atoms with Gasteiger partial charge in [0.25, 0.3) is 0 Å². The Morgan fingerprint density at radius 2 is 1.75 bits per heavy atom. The maximum atomic E-state index is 10.6. The molecule has 1 N–H and O–H groups in total. The number of fused-ring (bicyclic) bond motifs is 1. The lowest BCUT2D eigenvalue weighted by Gasteiger charge is -2.36. The standard InChI is InChI=1S/C17H23NO2/c19-17(20)6-5-13-7-9-18(10-8-13)16-11-14-3-1-2-4-15(14)12-16/h1-4,13,16H,5-12H2,(H,19,20). The van der Waals surface area contributed by atoms with Gasteiger partial charge in [-0.25, -0.2) is 0 Å². The van der Waals surface area contributed by atoms with Gasteiger partial charge in [-0.05, 0) is 62.2 Å². The number of piperidine rings is 1. The van der Waals surface area contributed by atoms with E-state index in [0.717, 1.165) is 19.5 Å². The number of hydrogen-bond donors (Lipinski definition) is 1. The first-order valence-corrected chi connectivity index (χ1v) is 7.75. The molecular weight excluding hydrogens is 250 g/mol. The number of nitrogens with zero attached hydrogens (tertiary/aromatic N) is 1. The second kappa shape index (κ2) is 5.96. The van der Waals surface area contributed by atoms with Crippen LogP contribution in [0, 0.1) is 5.92 Å². The molecule has 20 heavy (non-hydrogen) atoms. The first-order chi connectivity index (χ1) is 9.72. The van der Waals surface area contributed by atoms with Crippen molar-refractivity contribution in [1.29, 1.82) is 0 Å². The number of carbonyl (C=O) groups is 1. The Kier molecular flexibility index (Phi) is 4.06. The summed E-state index contributed by atoms with van der Waals surface area (Å²) in [5.74, 6) is -0.0372. The Labute approximate surface area is 120 Å². The monoisotopic (exact) mass is 273 g/mol. The van der Waals surface area contributed by atoms with Crippen LogP contribution in [0.15, 0.2) is 24.3 Å². The lowest BCUT2D eigenvalue weighted by atomic mass is 9.91. The Balaban J connectivity index is 1.49. The molecule has 108 valence electrons. The molecule has 0 saturated carbocycles. The van der Waals surface area contributed by atoms with E-state index < -0.39 is 5.97 Å². The molecule has 0 radical (unpaired) electrons. The zero-order valence-electron chi connectivity index (χ0n) is 11.9. The van der Waals surface area contributed by atoms with E-state index in [1.807, 2.05) is 0 Å². The summed E-state index contributed by atoms with van der Waals surface area (Å²) < 4.78 is 0. The molecule has 1 aromatic carbocycles. The molecule has 1 saturated heterocycles. The molecule has 0 atom stereocenters. The highest BCUT2D eigenvalue weighted by Crippen LogP contribution is 2.29. The second-order valence-electron chi connectivity index (χ2n) is 6.24. The fourth-order valence-corrected chi connectivity index (χ4v) is 3.73. The van der Waals surface area contributed by atoms with Gasteiger partial charge in [0.05, 0.1) is 0 Å². The van der Waals surface area contributed by atoms with Crippen LogP contribution in [-0.2, 0) is 17.6 Å². The zero-order chi connectivity index (χ0) is 13.9. The van der Waals surface area contributed by atoms with E-state index in [4.69, 9.17) is 5.11 Å². The van der Waals surface area contributed by atoms with E-state index in [1.54, 1.807) is 0 Å². The molecule has 1 fully saturated rings. The van der Waals surface area contributed by atoms with E-state index >= 15 is 0 Å². The summed E-state index contributed by atoms with van der Waals surface area (Å²) in [5.41, 5.74) is 3.04. The highest BCUT2D eigenvalue weighted by molar-refractivity contribution is 5.66. The summed E-state index contributed by atoms with van der Waals surface area (Å²) in [4.78, 5) is 13.3. The molecule has 0 amide bonds. The Bertz CT molecular complexity index is 453. The summed E-state index contributed by atoms with van der Waals surface area (Å²) >= 11 is 0. The number of benzene rings is 1. The molecule has 3 heteroatoms. The highest BCUT2D eigenvalue weighted by Gasteiger charge is 2.29. The van der Waals surface area contributed by atoms with Gasteiger partial charge in [0.15, 0.2) is 0 Å². The first-order valence-electron chi connectivity index (χ1n) is 7.75. The van der Waals surface area contributed by atoms with Crippen molar-refractivity contribution in [2.75, 3.05) is 13.1 Å². The van der Waals surface area contributed by atoms with E-state index in [1.165, 1.54) is 36.8 Å². The van der Waals surface area contributed by atoms with Crippen molar-refractivity contribution in [3.63, 3.8) is 0 Å². The summed E-state index contributed by atoms with van der Waals surface area (Å²) in [6.45, 7) is 2.28. The molecule has 1 aromatic rings. The second-order valence-corrected chi connectivity index (χ2v) is 6.24. The SMILES string of the molecule is O=C(O)CCC1CCN(C2Cc3ccccc3C2)CC1. The molecule has 0 unspecified atom stereocenters. The zero-order valence-corrected chi connectivity index (χ0v) is 11.9. The van der Waals surface area contributed by atoms with Gasteiger partial charge in [-0.15, -0.1) is 0 Å². The van der Waals surface area contributed by atoms with Crippen LogP contribution in [0.3, 0.4) is 0 Å². The minimum atomic E-state index is -0.654. The Morgan fingerprint density at radius 3 is 2.30 bits per heavy atom. The predicted octanol–water partition coefficient (Wildman–Crippen LogP) is 2.73. The van der Waals surface area contributed by atoms with Crippen LogP contribution in [0.5, 0.6) is 0 Å². The summed E-state index contributed by atoms with van der Waals surface area (Å²) in [6, 6.07) is 9.47. The van der Waals surface area contributed by atoms with Gasteiger partial charge in [-0.3, -0.25) is 9.69 Å². The summed E-state index contributed by atoms with van der Waals surface area (Å²) in [6.07, 6.45) is 5.90. The molecule has 1 heterocycles. The number of aliphatic carboxylic acids is 1. The van der Waals surface area contributed by atoms with Crippen LogP contribution >= 0.6 is 0 Å². The predicted molar refractivity (Wildman–Crippen MR) is 78.8 cm³/mol. The number of likely N-dealkylation sites (tertiary alicyclic amines) is 1. The molecule has 0 spiro atoms. The third kappa shape index (κ3) is 3.04. The Hall–Kier alpha value is -1.35. The van der Waals surface area contributed by atoms with Crippen LogP contribution < -0.4 is 0 Å². The van der Waals surface area contributed by atoms with Crippen molar-refractivity contribution in [3.8, 4) is 0 Å². The molecule has 1 aliphatic carbocycles. The van der Waals surface area contributed by atoms with Gasteiger partial charge in [-0.1, -0.05) is 24.3 Å². The topological polar surface area (TPSA) is 40.5 Å². The minimum Gasteiger partial charge on any atom is -0.481 e. The van der Waals surface area contributed by atoms with Crippen molar-refractivity contribution < 1.29 is 9.90 Å². The van der Waals surface area contributed by atoms with Crippen molar-refractivity contribution in [1.82, 2.24) is 4.90 Å². The molecule has 3 rings (SSSR count). The molecule has 2 aliphatic rings. The lowest BCUT2D eigenvalue weighted by Crippen LogP contribution is -2.42. The third-order valence-corrected chi connectivity index (χ3v) is 4.96. The number of carboxylic acid groups (broad SMARTS) is 1. The average molecular weight is 273 g/mol. The lowest BCUT2D eigenvalue weighted by molar-refractivity contribution is -0.137. The van der Waals surface area contributed by atoms with Crippen LogP contribution in [0.1, 0.15) is 36.8 Å². The van der Waals surface area contributed by atoms with Gasteiger partial charge < -0.3 is 5.11 Å². The van der Waals surface area contributed by atoms with Gasteiger partial charge in [0, 0.05) is 12.5 Å². The van der Waals surface area contributed by atoms with E-state index in [9.17, 15) is 4.79 Å². The van der Waals surface area contributed by atoms with Gasteiger partial charge in [0.1, 0.15) is 0 Å². The average Bonchev–Trinajstić information content (AvgIpc) is 2.89. The Morgan fingerprint density at radius 1 is 1.15 bits per heavy atom. The fourth-order valence-electron chi connectivity index (χ4n) is 3.73. The maximum Gasteiger partial charge on any atom is 0.303 e. The summed E-state index contributed by atoms with van der Waals surface area (Å²) in [7, 11) is 0. The maximum absolute atomic E-state index is 10.6. The van der Waals surface area contributed by atoms with E-state index in [2.05, 4.69) is 29.2 Å². The van der Waals surface area contributed by atoms with Gasteiger partial charge in [-0.2, -0.15) is 0 Å². The van der Waals surface area contributed by atoms with Crippen molar-refractivity contribution in [2.45, 2.75) is 44.6 Å². The largest absolute Gasteiger partial charge is 0.481 e. The smallest absolute Gasteiger partial charge is 0.303 e. The summed E-state index contributed by atoms with van der Waals surface area (Å²) in [5, 5.41) is 8.76. The molecule has 0 aromatic heterocycles. The third-order valence-electron chi connectivity index (χ3n) is 4.96. The van der Waals surface area contributed by atoms with Gasteiger partial charge in [0.2, 0.25) is 0 Å². The molecule has 1 aliphatic heterocycles. The van der Waals surface area contributed by atoms with Crippen molar-refractivity contribution in [2.24, 2.45) is 5.92 Å². The van der Waals surface area contributed by atoms with E-state index in [0.29, 0.717) is 18.4 Å². The van der Waals surface area contributed by atoms with Gasteiger partial charge >= 0.3 is 5.97 Å². The fraction of sp³-hybridized carbons (Fsp3) is 0.588. The van der Waals surface area contributed by atoms with Crippen molar-refractivity contribution >= 4 is 5.97 Å². The highest BCUT2D eigenvalue weighted by atomic mass is 16.4. The normalized spacial score (nSPS) is 21.0.